The van der Waals surface area contributed by atoms with E-state index in [0.717, 1.165) is 47.7 Å². The van der Waals surface area contributed by atoms with E-state index in [1.54, 1.807) is 11.3 Å². The number of benzene rings is 2. The average molecular weight is 552 g/mol. The van der Waals surface area contributed by atoms with Crippen molar-refractivity contribution in [2.75, 3.05) is 57.3 Å². The number of carbonyl (C=O) groups excluding carboxylic acids is 1. The Balaban J connectivity index is 1.25. The quantitative estimate of drug-likeness (QED) is 0.385. The van der Waals surface area contributed by atoms with Crippen LogP contribution in [0, 0.1) is 22.7 Å². The van der Waals surface area contributed by atoms with Gasteiger partial charge < -0.3 is 10.2 Å². The lowest BCUT2D eigenvalue weighted by molar-refractivity contribution is 0.0947. The van der Waals surface area contributed by atoms with Gasteiger partial charge in [0.05, 0.1) is 27.3 Å². The Hall–Kier alpha value is -3.55. The molecule has 1 N–H and O–H groups in total. The van der Waals surface area contributed by atoms with Crippen LogP contribution in [0.1, 0.15) is 23.2 Å². The number of hydrogen-bond donors (Lipinski definition) is 1. The summed E-state index contributed by atoms with van der Waals surface area (Å²) in [7, 11) is -3.87. The standard InChI is InChI=1S/C26H29N7O3S2/c27-11-3-14-33(15-4-12-28)38(35,36)22-9-7-21(8-10-22)25(34)29-13-16-31-17-19-32(20-18-31)26-30-23-5-1-2-6-24(23)37-26/h1-2,5-10H,3-4,13-20H2,(H,29,34). The van der Waals surface area contributed by atoms with Gasteiger partial charge in [-0.15, -0.1) is 0 Å². The number of hydrogen-bond acceptors (Lipinski definition) is 9. The van der Waals surface area contributed by atoms with E-state index in [0.29, 0.717) is 12.1 Å². The van der Waals surface area contributed by atoms with Gasteiger partial charge in [0.2, 0.25) is 10.0 Å². The Morgan fingerprint density at radius 3 is 2.29 bits per heavy atom. The van der Waals surface area contributed by atoms with Gasteiger partial charge in [-0.25, -0.2) is 13.4 Å². The molecule has 1 amide bonds. The third-order valence-corrected chi connectivity index (χ3v) is 9.35. The lowest BCUT2D eigenvalue weighted by Gasteiger charge is -2.34. The molecule has 10 nitrogen and oxygen atoms in total. The summed E-state index contributed by atoms with van der Waals surface area (Å²) in [6, 6.07) is 17.7. The second kappa shape index (κ2) is 12.8. The highest BCUT2D eigenvalue weighted by atomic mass is 32.2. The van der Waals surface area contributed by atoms with Gasteiger partial charge in [-0.3, -0.25) is 9.69 Å². The van der Waals surface area contributed by atoms with Crippen molar-refractivity contribution in [3.63, 3.8) is 0 Å². The summed E-state index contributed by atoms with van der Waals surface area (Å²) < 4.78 is 28.2. The molecule has 198 valence electrons. The molecule has 0 radical (unpaired) electrons. The summed E-state index contributed by atoms with van der Waals surface area (Å²) in [5.74, 6) is -0.270. The van der Waals surface area contributed by atoms with Crippen molar-refractivity contribution in [3.05, 3.63) is 54.1 Å². The zero-order valence-electron chi connectivity index (χ0n) is 20.9. The fourth-order valence-corrected chi connectivity index (χ4v) is 6.68. The molecule has 1 fully saturated rings. The summed E-state index contributed by atoms with van der Waals surface area (Å²) in [6.45, 7) is 4.75. The summed E-state index contributed by atoms with van der Waals surface area (Å²) in [6.07, 6.45) is 0.0599. The third-order valence-electron chi connectivity index (χ3n) is 6.34. The predicted molar refractivity (Wildman–Crippen MR) is 146 cm³/mol. The van der Waals surface area contributed by atoms with Crippen LogP contribution < -0.4 is 10.2 Å². The van der Waals surface area contributed by atoms with E-state index < -0.39 is 10.0 Å². The third kappa shape index (κ3) is 6.65. The number of para-hydroxylation sites is 1. The topological polar surface area (TPSA) is 133 Å². The number of aromatic nitrogens is 1. The molecular weight excluding hydrogens is 522 g/mol. The monoisotopic (exact) mass is 551 g/mol. The van der Waals surface area contributed by atoms with Gasteiger partial charge >= 0.3 is 0 Å². The van der Waals surface area contributed by atoms with Crippen LogP contribution in [0.15, 0.2) is 53.4 Å². The lowest BCUT2D eigenvalue weighted by atomic mass is 10.2. The molecule has 0 bridgehead atoms. The molecule has 0 spiro atoms. The lowest BCUT2D eigenvalue weighted by Crippen LogP contribution is -2.48. The predicted octanol–water partition coefficient (Wildman–Crippen LogP) is 2.67. The first kappa shape index (κ1) is 27.5. The molecule has 3 aromatic rings. The number of nitriles is 2. The number of anilines is 1. The highest BCUT2D eigenvalue weighted by molar-refractivity contribution is 7.89. The number of rotatable bonds is 11. The first-order valence-corrected chi connectivity index (χ1v) is 14.6. The van der Waals surface area contributed by atoms with Crippen molar-refractivity contribution < 1.29 is 13.2 Å². The second-order valence-electron chi connectivity index (χ2n) is 8.79. The van der Waals surface area contributed by atoms with Gasteiger partial charge in [0, 0.05) is 70.8 Å². The van der Waals surface area contributed by atoms with Crippen LogP contribution in [-0.2, 0) is 10.0 Å². The maximum Gasteiger partial charge on any atom is 0.251 e. The Morgan fingerprint density at radius 2 is 1.66 bits per heavy atom. The minimum atomic E-state index is -3.87. The Labute approximate surface area is 226 Å². The fraction of sp³-hybridized carbons (Fsp3) is 0.385. The second-order valence-corrected chi connectivity index (χ2v) is 11.7. The Kier molecular flexibility index (Phi) is 9.26. The van der Waals surface area contributed by atoms with Gasteiger partial charge in [-0.2, -0.15) is 14.8 Å². The summed E-state index contributed by atoms with van der Waals surface area (Å²) in [5, 5.41) is 21.6. The van der Waals surface area contributed by atoms with Gasteiger partial charge in [0.1, 0.15) is 0 Å². The molecule has 12 heteroatoms. The number of fused-ring (bicyclic) bond motifs is 1. The van der Waals surface area contributed by atoms with E-state index in [4.69, 9.17) is 15.5 Å². The molecule has 0 aliphatic carbocycles. The van der Waals surface area contributed by atoms with Crippen LogP contribution in [-0.4, -0.2) is 80.9 Å². The molecule has 1 aliphatic rings. The van der Waals surface area contributed by atoms with Gasteiger partial charge in [-0.1, -0.05) is 23.5 Å². The number of nitrogens with zero attached hydrogens (tertiary/aromatic N) is 6. The van der Waals surface area contributed by atoms with Gasteiger partial charge in [0.25, 0.3) is 5.91 Å². The van der Waals surface area contributed by atoms with Crippen molar-refractivity contribution in [2.24, 2.45) is 0 Å². The van der Waals surface area contributed by atoms with Crippen molar-refractivity contribution in [1.29, 1.82) is 10.5 Å². The molecule has 4 rings (SSSR count). The maximum absolute atomic E-state index is 12.9. The number of nitrogens with one attached hydrogen (secondary N) is 1. The average Bonchev–Trinajstić information content (AvgIpc) is 3.38. The molecule has 0 atom stereocenters. The van der Waals surface area contributed by atoms with Crippen LogP contribution in [0.4, 0.5) is 5.13 Å². The summed E-state index contributed by atoms with van der Waals surface area (Å²) >= 11 is 1.71. The minimum Gasteiger partial charge on any atom is -0.351 e. The molecule has 2 heterocycles. The SMILES string of the molecule is N#CCCN(CCC#N)S(=O)(=O)c1ccc(C(=O)NCCN2CCN(c3nc4ccccc4s3)CC2)cc1. The van der Waals surface area contributed by atoms with Crippen molar-refractivity contribution >= 4 is 42.6 Å². The summed E-state index contributed by atoms with van der Waals surface area (Å²) in [4.78, 5) is 22.0. The van der Waals surface area contributed by atoms with Crippen LogP contribution in [0.5, 0.6) is 0 Å². The van der Waals surface area contributed by atoms with Crippen LogP contribution in [0.2, 0.25) is 0 Å². The molecule has 0 saturated carbocycles. The molecule has 0 unspecified atom stereocenters. The van der Waals surface area contributed by atoms with E-state index in [1.807, 2.05) is 30.3 Å². The van der Waals surface area contributed by atoms with Crippen LogP contribution in [0.25, 0.3) is 10.2 Å². The first-order chi connectivity index (χ1) is 18.4. The highest BCUT2D eigenvalue weighted by Gasteiger charge is 2.24. The van der Waals surface area contributed by atoms with E-state index in [1.165, 1.54) is 29.0 Å². The van der Waals surface area contributed by atoms with E-state index in [2.05, 4.69) is 21.2 Å². The molecule has 38 heavy (non-hydrogen) atoms. The van der Waals surface area contributed by atoms with Crippen molar-refractivity contribution in [2.45, 2.75) is 17.7 Å². The van der Waals surface area contributed by atoms with Gasteiger partial charge in [0.15, 0.2) is 5.13 Å². The minimum absolute atomic E-state index is 0.0115. The number of thiazole rings is 1. The van der Waals surface area contributed by atoms with E-state index in [9.17, 15) is 13.2 Å². The molecule has 1 aliphatic heterocycles. The fourth-order valence-electron chi connectivity index (χ4n) is 4.22. The summed E-state index contributed by atoms with van der Waals surface area (Å²) in [5.41, 5.74) is 1.39. The largest absolute Gasteiger partial charge is 0.351 e. The van der Waals surface area contributed by atoms with Crippen LogP contribution in [0.3, 0.4) is 0 Å². The Bertz CT molecular complexity index is 1380. The zero-order chi connectivity index (χ0) is 27.0. The Morgan fingerprint density at radius 1 is 1.00 bits per heavy atom. The molecule has 1 saturated heterocycles. The number of sulfonamides is 1. The first-order valence-electron chi connectivity index (χ1n) is 12.4. The molecular formula is C26H29N7O3S2. The zero-order valence-corrected chi connectivity index (χ0v) is 22.5. The maximum atomic E-state index is 12.9. The smallest absolute Gasteiger partial charge is 0.251 e. The van der Waals surface area contributed by atoms with Crippen molar-refractivity contribution in [3.8, 4) is 12.1 Å². The van der Waals surface area contributed by atoms with Crippen molar-refractivity contribution in [1.82, 2.24) is 19.5 Å². The highest BCUT2D eigenvalue weighted by Crippen LogP contribution is 2.29. The molecule has 1 aromatic heterocycles. The van der Waals surface area contributed by atoms with E-state index >= 15 is 0 Å². The number of piperazine rings is 1. The number of carbonyl (C=O) groups is 1. The van der Waals surface area contributed by atoms with E-state index in [-0.39, 0.29) is 36.7 Å². The van der Waals surface area contributed by atoms with Gasteiger partial charge in [-0.05, 0) is 36.4 Å². The molecule has 2 aromatic carbocycles. The normalized spacial score (nSPS) is 14.3. The van der Waals surface area contributed by atoms with Crippen LogP contribution >= 0.6 is 11.3 Å². The number of amides is 1.